The largest absolute Gasteiger partial charge is 0.309 e. The Labute approximate surface area is 298 Å². The van der Waals surface area contributed by atoms with Crippen LogP contribution in [0, 0.1) is 0 Å². The van der Waals surface area contributed by atoms with Gasteiger partial charge in [-0.25, -0.2) is 0 Å². The molecule has 0 radical (unpaired) electrons. The normalized spacial score (nSPS) is 11.9. The van der Waals surface area contributed by atoms with E-state index in [1.807, 2.05) is 11.3 Å². The predicted molar refractivity (Wildman–Crippen MR) is 219 cm³/mol. The van der Waals surface area contributed by atoms with Gasteiger partial charge < -0.3 is 9.13 Å². The van der Waals surface area contributed by atoms with Crippen molar-refractivity contribution in [3.05, 3.63) is 182 Å². The van der Waals surface area contributed by atoms with Gasteiger partial charge in [-0.05, 0) is 82.9 Å². The summed E-state index contributed by atoms with van der Waals surface area (Å²) in [6, 6.07) is 66.6. The third-order valence-electron chi connectivity index (χ3n) is 10.5. The number of fused-ring (bicyclic) bond motifs is 9. The van der Waals surface area contributed by atoms with Gasteiger partial charge >= 0.3 is 0 Å². The highest BCUT2D eigenvalue weighted by molar-refractivity contribution is 7.26. The van der Waals surface area contributed by atoms with Crippen LogP contribution < -0.4 is 0 Å². The molecule has 0 aliphatic rings. The van der Waals surface area contributed by atoms with E-state index in [0.717, 1.165) is 0 Å². The molecule has 0 bridgehead atoms. The maximum atomic E-state index is 2.47. The van der Waals surface area contributed by atoms with Crippen molar-refractivity contribution in [1.29, 1.82) is 0 Å². The molecule has 3 heterocycles. The molecular weight excluding hydrogens is 637 g/mol. The Balaban J connectivity index is 1.12. The number of para-hydroxylation sites is 2. The van der Waals surface area contributed by atoms with Crippen molar-refractivity contribution in [1.82, 2.24) is 9.13 Å². The molecule has 0 N–H and O–H groups in total. The van der Waals surface area contributed by atoms with Gasteiger partial charge in [0.15, 0.2) is 0 Å². The maximum Gasteiger partial charge on any atom is 0.0640 e. The lowest BCUT2D eigenvalue weighted by Crippen LogP contribution is -1.94. The van der Waals surface area contributed by atoms with E-state index >= 15 is 0 Å². The lowest BCUT2D eigenvalue weighted by Gasteiger charge is -2.10. The van der Waals surface area contributed by atoms with Crippen LogP contribution in [0.2, 0.25) is 0 Å². The van der Waals surface area contributed by atoms with Crippen LogP contribution in [0.1, 0.15) is 0 Å². The van der Waals surface area contributed by atoms with Gasteiger partial charge in [-0.2, -0.15) is 0 Å². The number of benzene rings is 8. The van der Waals surface area contributed by atoms with Crippen molar-refractivity contribution >= 4 is 75.1 Å². The Kier molecular flexibility index (Phi) is 6.16. The molecule has 8 aromatic carbocycles. The van der Waals surface area contributed by atoms with Crippen molar-refractivity contribution in [3.63, 3.8) is 0 Å². The van der Waals surface area contributed by atoms with Crippen molar-refractivity contribution < 1.29 is 0 Å². The Morgan fingerprint density at radius 3 is 1.67 bits per heavy atom. The first-order valence-electron chi connectivity index (χ1n) is 17.4. The average molecular weight is 667 g/mol. The fourth-order valence-electron chi connectivity index (χ4n) is 8.19. The molecule has 0 spiro atoms. The number of aromatic nitrogens is 2. The molecule has 238 valence electrons. The molecular formula is C48H30N2S. The molecule has 0 amide bonds. The predicted octanol–water partition coefficient (Wildman–Crippen LogP) is 13.6. The molecule has 11 aromatic rings. The summed E-state index contributed by atoms with van der Waals surface area (Å²) >= 11 is 1.88. The van der Waals surface area contributed by atoms with E-state index < -0.39 is 0 Å². The van der Waals surface area contributed by atoms with Crippen molar-refractivity contribution in [2.45, 2.75) is 0 Å². The molecule has 3 heteroatoms. The molecule has 0 aliphatic heterocycles. The highest BCUT2D eigenvalue weighted by Crippen LogP contribution is 2.42. The minimum absolute atomic E-state index is 1.17. The molecule has 0 unspecified atom stereocenters. The molecule has 0 saturated heterocycles. The zero-order valence-corrected chi connectivity index (χ0v) is 28.4. The second kappa shape index (κ2) is 11.0. The van der Waals surface area contributed by atoms with Gasteiger partial charge in [0.2, 0.25) is 0 Å². The topological polar surface area (TPSA) is 9.86 Å². The third-order valence-corrected chi connectivity index (χ3v) is 11.7. The molecule has 0 aliphatic carbocycles. The molecule has 3 aromatic heterocycles. The molecule has 2 nitrogen and oxygen atoms in total. The van der Waals surface area contributed by atoms with E-state index in [9.17, 15) is 0 Å². The molecule has 11 rings (SSSR count). The summed E-state index contributed by atoms with van der Waals surface area (Å²) in [6.07, 6.45) is 0. The van der Waals surface area contributed by atoms with E-state index in [1.165, 1.54) is 97.4 Å². The smallest absolute Gasteiger partial charge is 0.0640 e. The summed E-state index contributed by atoms with van der Waals surface area (Å²) in [7, 11) is 0. The Hall–Kier alpha value is -6.42. The summed E-state index contributed by atoms with van der Waals surface area (Å²) in [5, 5.41) is 7.68. The van der Waals surface area contributed by atoms with Crippen LogP contribution >= 0.6 is 11.3 Å². The highest BCUT2D eigenvalue weighted by Gasteiger charge is 2.18. The second-order valence-corrected chi connectivity index (χ2v) is 14.4. The second-order valence-electron chi connectivity index (χ2n) is 13.3. The molecule has 0 fully saturated rings. The first-order valence-corrected chi connectivity index (χ1v) is 18.3. The Bertz CT molecular complexity index is 3130. The van der Waals surface area contributed by atoms with Gasteiger partial charge in [0.05, 0.1) is 32.5 Å². The summed E-state index contributed by atoms with van der Waals surface area (Å²) in [4.78, 5) is 0. The van der Waals surface area contributed by atoms with Gasteiger partial charge in [0, 0.05) is 42.7 Å². The summed E-state index contributed by atoms with van der Waals surface area (Å²) in [6.45, 7) is 0. The standard InChI is InChI=1S/C48H30N2S/c1-3-12-31(13-4-1)34-22-25-37-41-29-32(23-26-43(41)49(46(37)30-34)35-14-5-2-6-15-35)33-24-27-44-40(28-33)36-16-7-9-19-42(36)50(44)45-20-11-18-39-38-17-8-10-21-47(38)51-48(39)45/h1-30H. The van der Waals surface area contributed by atoms with Crippen molar-refractivity contribution in [2.75, 3.05) is 0 Å². The van der Waals surface area contributed by atoms with Gasteiger partial charge in [0.1, 0.15) is 0 Å². The molecule has 51 heavy (non-hydrogen) atoms. The first kappa shape index (κ1) is 28.4. The lowest BCUT2D eigenvalue weighted by molar-refractivity contribution is 1.18. The number of thiophene rings is 1. The summed E-state index contributed by atoms with van der Waals surface area (Å²) in [5.74, 6) is 0. The summed E-state index contributed by atoms with van der Waals surface area (Å²) in [5.41, 5.74) is 12.1. The van der Waals surface area contributed by atoms with Gasteiger partial charge in [0.25, 0.3) is 0 Å². The quantitative estimate of drug-likeness (QED) is 0.177. The zero-order chi connectivity index (χ0) is 33.5. The fraction of sp³-hybridized carbons (Fsp3) is 0. The van der Waals surface area contributed by atoms with E-state index in [4.69, 9.17) is 0 Å². The van der Waals surface area contributed by atoms with Crippen molar-refractivity contribution in [2.24, 2.45) is 0 Å². The van der Waals surface area contributed by atoms with Gasteiger partial charge in [-0.1, -0.05) is 121 Å². The SMILES string of the molecule is c1ccc(-c2ccc3c4cc(-c5ccc6c(c5)c5ccccc5n6-c5cccc6c5sc5ccccc56)ccc4n(-c4ccccc4)c3c2)cc1. The van der Waals surface area contributed by atoms with E-state index in [2.05, 4.69) is 191 Å². The minimum Gasteiger partial charge on any atom is -0.309 e. The Morgan fingerprint density at radius 1 is 0.314 bits per heavy atom. The third kappa shape index (κ3) is 4.29. The number of hydrogen-bond acceptors (Lipinski definition) is 1. The number of hydrogen-bond donors (Lipinski definition) is 0. The van der Waals surface area contributed by atoms with E-state index in [0.29, 0.717) is 0 Å². The number of nitrogens with zero attached hydrogens (tertiary/aromatic N) is 2. The van der Waals surface area contributed by atoms with E-state index in [-0.39, 0.29) is 0 Å². The minimum atomic E-state index is 1.17. The molecule has 0 atom stereocenters. The van der Waals surface area contributed by atoms with Crippen LogP contribution in [0.25, 0.3) is 97.4 Å². The van der Waals surface area contributed by atoms with Crippen LogP contribution in [0.15, 0.2) is 182 Å². The number of rotatable bonds is 4. The van der Waals surface area contributed by atoms with Crippen LogP contribution in [-0.2, 0) is 0 Å². The lowest BCUT2D eigenvalue weighted by atomic mass is 9.99. The summed E-state index contributed by atoms with van der Waals surface area (Å²) < 4.78 is 7.52. The Morgan fingerprint density at radius 2 is 0.882 bits per heavy atom. The fourth-order valence-corrected chi connectivity index (χ4v) is 9.39. The van der Waals surface area contributed by atoms with Crippen LogP contribution in [-0.4, -0.2) is 9.13 Å². The zero-order valence-electron chi connectivity index (χ0n) is 27.6. The average Bonchev–Trinajstić information content (AvgIpc) is 3.85. The van der Waals surface area contributed by atoms with Crippen LogP contribution in [0.5, 0.6) is 0 Å². The van der Waals surface area contributed by atoms with Crippen LogP contribution in [0.4, 0.5) is 0 Å². The maximum absolute atomic E-state index is 2.47. The van der Waals surface area contributed by atoms with Gasteiger partial charge in [-0.3, -0.25) is 0 Å². The highest BCUT2D eigenvalue weighted by atomic mass is 32.1. The van der Waals surface area contributed by atoms with E-state index in [1.54, 1.807) is 0 Å². The monoisotopic (exact) mass is 666 g/mol. The first-order chi connectivity index (χ1) is 25.3. The van der Waals surface area contributed by atoms with Gasteiger partial charge in [-0.15, -0.1) is 11.3 Å². The molecule has 0 saturated carbocycles. The van der Waals surface area contributed by atoms with Crippen molar-refractivity contribution in [3.8, 4) is 33.6 Å². The van der Waals surface area contributed by atoms with Crippen LogP contribution in [0.3, 0.4) is 0 Å².